The van der Waals surface area contributed by atoms with Gasteiger partial charge in [0.05, 0.1) is 5.56 Å². The lowest BCUT2D eigenvalue weighted by Crippen LogP contribution is -2.14. The van der Waals surface area contributed by atoms with Crippen LogP contribution in [0, 0.1) is 0 Å². The van der Waals surface area contributed by atoms with Crippen LogP contribution in [0.4, 0.5) is 0 Å². The fourth-order valence-electron chi connectivity index (χ4n) is 3.06. The molecule has 0 radical (unpaired) electrons. The molecule has 0 amide bonds. The van der Waals surface area contributed by atoms with E-state index in [0.29, 0.717) is 16.9 Å². The first-order chi connectivity index (χ1) is 16.7. The van der Waals surface area contributed by atoms with Gasteiger partial charge in [-0.05, 0) is 66.4 Å². The molecule has 0 saturated carbocycles. The quantitative estimate of drug-likeness (QED) is 0.171. The molecular formula is C29H26O6. The van der Waals surface area contributed by atoms with Crippen molar-refractivity contribution in [3.8, 4) is 28.0 Å². The van der Waals surface area contributed by atoms with Gasteiger partial charge >= 0.3 is 17.9 Å². The summed E-state index contributed by atoms with van der Waals surface area (Å²) in [6, 6.07) is 22.3. The van der Waals surface area contributed by atoms with Crippen LogP contribution in [0.25, 0.3) is 22.3 Å². The second kappa shape index (κ2) is 11.6. The molecule has 0 spiro atoms. The number of carbonyl (C=O) groups excluding carboxylic acids is 3. The fourth-order valence-corrected chi connectivity index (χ4v) is 3.06. The lowest BCUT2D eigenvalue weighted by molar-refractivity contribution is -0.140. The third-order valence-electron chi connectivity index (χ3n) is 4.96. The first kappa shape index (κ1) is 25.2. The van der Waals surface area contributed by atoms with Gasteiger partial charge in [-0.1, -0.05) is 55.6 Å². The minimum absolute atomic E-state index is 0.0282. The zero-order valence-electron chi connectivity index (χ0n) is 19.7. The van der Waals surface area contributed by atoms with Crippen LogP contribution in [0.5, 0.6) is 5.75 Å². The van der Waals surface area contributed by atoms with Crippen LogP contribution in [0.3, 0.4) is 0 Å². The van der Waals surface area contributed by atoms with Gasteiger partial charge in [0.15, 0.2) is 0 Å². The largest absolute Gasteiger partial charge is 0.459 e. The lowest BCUT2D eigenvalue weighted by atomic mass is 9.98. The third-order valence-corrected chi connectivity index (χ3v) is 4.96. The summed E-state index contributed by atoms with van der Waals surface area (Å²) in [4.78, 5) is 35.2. The van der Waals surface area contributed by atoms with Crippen LogP contribution < -0.4 is 4.74 Å². The van der Waals surface area contributed by atoms with E-state index in [2.05, 4.69) is 13.2 Å². The molecule has 0 atom stereocenters. The van der Waals surface area contributed by atoms with Crippen LogP contribution >= 0.6 is 0 Å². The number of hydrogen-bond acceptors (Lipinski definition) is 6. The molecule has 3 rings (SSSR count). The zero-order valence-corrected chi connectivity index (χ0v) is 19.7. The Labute approximate surface area is 204 Å². The van der Waals surface area contributed by atoms with Gasteiger partial charge in [0.1, 0.15) is 19.0 Å². The second-order valence-electron chi connectivity index (χ2n) is 7.90. The molecule has 0 N–H and O–H groups in total. The number of rotatable bonds is 9. The summed E-state index contributed by atoms with van der Waals surface area (Å²) in [5.41, 5.74) is 4.90. The number of esters is 3. The Bertz CT molecular complexity index is 1250. The molecule has 0 aromatic heterocycles. The highest BCUT2D eigenvalue weighted by Gasteiger charge is 2.10. The van der Waals surface area contributed by atoms with Crippen LogP contribution in [0.1, 0.15) is 24.2 Å². The Hall–Kier alpha value is -4.45. The first-order valence-corrected chi connectivity index (χ1v) is 10.9. The van der Waals surface area contributed by atoms with Crippen molar-refractivity contribution in [1.82, 2.24) is 0 Å². The van der Waals surface area contributed by atoms with E-state index in [0.717, 1.165) is 22.3 Å². The van der Waals surface area contributed by atoms with E-state index < -0.39 is 17.9 Å². The van der Waals surface area contributed by atoms with E-state index in [1.807, 2.05) is 48.5 Å². The molecule has 0 bridgehead atoms. The Morgan fingerprint density at radius 2 is 1.17 bits per heavy atom. The summed E-state index contributed by atoms with van der Waals surface area (Å²) in [6.45, 7) is 10.2. The monoisotopic (exact) mass is 470 g/mol. The summed E-state index contributed by atoms with van der Waals surface area (Å²) < 4.78 is 15.3. The van der Waals surface area contributed by atoms with Crippen molar-refractivity contribution in [3.05, 3.63) is 103 Å². The number of hydrogen-bond donors (Lipinski definition) is 0. The van der Waals surface area contributed by atoms with Crippen LogP contribution in [0.2, 0.25) is 0 Å². The summed E-state index contributed by atoms with van der Waals surface area (Å²) in [7, 11) is 0. The molecule has 178 valence electrons. The predicted molar refractivity (Wildman–Crippen MR) is 134 cm³/mol. The van der Waals surface area contributed by atoms with Gasteiger partial charge in [-0.15, -0.1) is 0 Å². The maximum atomic E-state index is 12.2. The molecule has 0 heterocycles. The van der Waals surface area contributed by atoms with Crippen molar-refractivity contribution >= 4 is 17.9 Å². The van der Waals surface area contributed by atoms with Crippen molar-refractivity contribution in [2.45, 2.75) is 13.8 Å². The molecule has 35 heavy (non-hydrogen) atoms. The number of carbonyl (C=O) groups is 3. The maximum absolute atomic E-state index is 12.2. The van der Waals surface area contributed by atoms with Crippen LogP contribution in [-0.2, 0) is 19.1 Å². The second-order valence-corrected chi connectivity index (χ2v) is 7.90. The third kappa shape index (κ3) is 7.01. The first-order valence-electron chi connectivity index (χ1n) is 10.9. The Balaban J connectivity index is 1.63. The number of benzene rings is 3. The van der Waals surface area contributed by atoms with E-state index in [9.17, 15) is 14.4 Å². The minimum atomic E-state index is -0.519. The molecular weight excluding hydrogens is 444 g/mol. The fraction of sp³-hybridized carbons (Fsp3) is 0.138. The smallest absolute Gasteiger partial charge is 0.338 e. The molecule has 0 aliphatic heterocycles. The molecule has 0 aliphatic rings. The van der Waals surface area contributed by atoms with E-state index >= 15 is 0 Å². The van der Waals surface area contributed by atoms with E-state index in [1.165, 1.54) is 0 Å². The van der Waals surface area contributed by atoms with Gasteiger partial charge in [-0.2, -0.15) is 0 Å². The maximum Gasteiger partial charge on any atom is 0.338 e. The molecule has 0 saturated heterocycles. The Morgan fingerprint density at radius 1 is 0.657 bits per heavy atom. The van der Waals surface area contributed by atoms with Gasteiger partial charge in [0, 0.05) is 11.1 Å². The van der Waals surface area contributed by atoms with Gasteiger partial charge in [0.2, 0.25) is 0 Å². The zero-order chi connectivity index (χ0) is 25.4. The van der Waals surface area contributed by atoms with E-state index in [1.54, 1.807) is 38.1 Å². The van der Waals surface area contributed by atoms with Crippen molar-refractivity contribution in [1.29, 1.82) is 0 Å². The summed E-state index contributed by atoms with van der Waals surface area (Å²) >= 11 is 0. The standard InChI is InChI=1S/C29H26O6/c1-19(2)27(30)33-16-17-34-29(32)23-10-8-21(9-11-23)24-6-5-7-25(18-24)22-12-14-26(15-13-22)35-28(31)20(3)4/h5-15,18H,1,3,16-17H2,2,4H3. The normalized spacial score (nSPS) is 10.2. The van der Waals surface area contributed by atoms with E-state index in [-0.39, 0.29) is 18.8 Å². The van der Waals surface area contributed by atoms with Crippen LogP contribution in [-0.4, -0.2) is 31.1 Å². The van der Waals surface area contributed by atoms with Crippen molar-refractivity contribution in [2.75, 3.05) is 13.2 Å². The highest BCUT2D eigenvalue weighted by molar-refractivity contribution is 5.90. The molecule has 0 aliphatic carbocycles. The van der Waals surface area contributed by atoms with Gasteiger partial charge in [-0.25, -0.2) is 14.4 Å². The Kier molecular flexibility index (Phi) is 8.35. The molecule has 6 nitrogen and oxygen atoms in total. The highest BCUT2D eigenvalue weighted by Crippen LogP contribution is 2.28. The summed E-state index contributed by atoms with van der Waals surface area (Å²) in [5, 5.41) is 0. The van der Waals surface area contributed by atoms with Crippen molar-refractivity contribution in [3.63, 3.8) is 0 Å². The topological polar surface area (TPSA) is 78.9 Å². The Morgan fingerprint density at radius 3 is 1.71 bits per heavy atom. The highest BCUT2D eigenvalue weighted by atomic mass is 16.6. The number of ether oxygens (including phenoxy) is 3. The van der Waals surface area contributed by atoms with E-state index in [4.69, 9.17) is 14.2 Å². The molecule has 3 aromatic carbocycles. The summed E-state index contributed by atoms with van der Waals surface area (Å²) in [5.74, 6) is -1.02. The van der Waals surface area contributed by atoms with Gasteiger partial charge in [-0.3, -0.25) is 0 Å². The average Bonchev–Trinajstić information content (AvgIpc) is 2.86. The molecule has 0 fully saturated rings. The van der Waals surface area contributed by atoms with Crippen molar-refractivity contribution in [2.24, 2.45) is 0 Å². The van der Waals surface area contributed by atoms with Crippen molar-refractivity contribution < 1.29 is 28.6 Å². The molecule has 0 unspecified atom stereocenters. The lowest BCUT2D eigenvalue weighted by Gasteiger charge is -2.09. The molecule has 6 heteroatoms. The van der Waals surface area contributed by atoms with Crippen LogP contribution in [0.15, 0.2) is 97.1 Å². The predicted octanol–water partition coefficient (Wildman–Crippen LogP) is 5.78. The molecule has 3 aromatic rings. The minimum Gasteiger partial charge on any atom is -0.459 e. The summed E-state index contributed by atoms with van der Waals surface area (Å²) in [6.07, 6.45) is 0. The van der Waals surface area contributed by atoms with Gasteiger partial charge < -0.3 is 14.2 Å². The SMILES string of the molecule is C=C(C)C(=O)OCCOC(=O)c1ccc(-c2cccc(-c3ccc(OC(=O)C(=C)C)cc3)c2)cc1. The average molecular weight is 471 g/mol. The van der Waals surface area contributed by atoms with Gasteiger partial charge in [0.25, 0.3) is 0 Å².